The minimum atomic E-state index is -0.483. The average Bonchev–Trinajstić information content (AvgIpc) is 2.70. The molecule has 0 amide bonds. The molecule has 0 N–H and O–H groups in total. The van der Waals surface area contributed by atoms with Crippen molar-refractivity contribution in [3.63, 3.8) is 0 Å². The van der Waals surface area contributed by atoms with Gasteiger partial charge >= 0.3 is 5.97 Å². The van der Waals surface area contributed by atoms with Gasteiger partial charge in [-0.15, -0.1) is 6.42 Å². The Bertz CT molecular complexity index is 1000. The summed E-state index contributed by atoms with van der Waals surface area (Å²) in [5, 5.41) is 0.707. The van der Waals surface area contributed by atoms with E-state index < -0.39 is 5.97 Å². The summed E-state index contributed by atoms with van der Waals surface area (Å²) in [6, 6.07) is 14.5. The first-order chi connectivity index (χ1) is 12.7. The number of pyridine rings is 1. The van der Waals surface area contributed by atoms with E-state index >= 15 is 0 Å². The van der Waals surface area contributed by atoms with E-state index in [2.05, 4.69) is 10.9 Å². The number of hydrogen-bond donors (Lipinski definition) is 0. The summed E-state index contributed by atoms with van der Waals surface area (Å²) >= 11 is 0. The number of methoxy groups -OCH3 is 2. The van der Waals surface area contributed by atoms with Gasteiger partial charge in [0.2, 0.25) is 0 Å². The Morgan fingerprint density at radius 2 is 1.85 bits per heavy atom. The second kappa shape index (κ2) is 7.58. The average molecular weight is 347 g/mol. The lowest BCUT2D eigenvalue weighted by molar-refractivity contribution is 0.0559. The van der Waals surface area contributed by atoms with E-state index in [0.29, 0.717) is 33.7 Å². The Hall–Kier alpha value is -3.52. The molecule has 0 saturated heterocycles. The lowest BCUT2D eigenvalue weighted by Gasteiger charge is -2.11. The number of rotatable bonds is 5. The summed E-state index contributed by atoms with van der Waals surface area (Å²) in [5.74, 6) is 3.01. The third kappa shape index (κ3) is 3.31. The van der Waals surface area contributed by atoms with E-state index in [-0.39, 0.29) is 6.61 Å². The van der Waals surface area contributed by atoms with E-state index in [0.717, 1.165) is 5.56 Å². The van der Waals surface area contributed by atoms with Crippen molar-refractivity contribution in [2.75, 3.05) is 20.8 Å². The normalized spacial score (nSPS) is 10.2. The number of ether oxygens (including phenoxy) is 3. The van der Waals surface area contributed by atoms with Crippen LogP contribution in [0.1, 0.15) is 10.4 Å². The maximum atomic E-state index is 12.4. The van der Waals surface area contributed by atoms with Crippen molar-refractivity contribution < 1.29 is 19.0 Å². The zero-order chi connectivity index (χ0) is 18.5. The quantitative estimate of drug-likeness (QED) is 0.520. The van der Waals surface area contributed by atoms with Gasteiger partial charge in [-0.2, -0.15) is 0 Å². The highest BCUT2D eigenvalue weighted by atomic mass is 16.5. The summed E-state index contributed by atoms with van der Waals surface area (Å²) in [7, 11) is 3.14. The number of nitrogens with zero attached hydrogens (tertiary/aromatic N) is 1. The van der Waals surface area contributed by atoms with Gasteiger partial charge in [0.1, 0.15) is 0 Å². The maximum absolute atomic E-state index is 12.4. The number of fused-ring (bicyclic) bond motifs is 1. The molecule has 1 aromatic heterocycles. The van der Waals surface area contributed by atoms with E-state index in [1.54, 1.807) is 26.4 Å². The number of benzene rings is 2. The van der Waals surface area contributed by atoms with Gasteiger partial charge in [-0.25, -0.2) is 9.78 Å². The molecule has 5 nitrogen and oxygen atoms in total. The highest BCUT2D eigenvalue weighted by molar-refractivity contribution is 6.04. The van der Waals surface area contributed by atoms with Gasteiger partial charge in [-0.05, 0) is 30.3 Å². The first-order valence-electron chi connectivity index (χ1n) is 7.90. The highest BCUT2D eigenvalue weighted by Crippen LogP contribution is 2.33. The van der Waals surface area contributed by atoms with Gasteiger partial charge in [0.25, 0.3) is 0 Å². The monoisotopic (exact) mass is 347 g/mol. The molecule has 0 saturated carbocycles. The molecule has 0 aliphatic heterocycles. The first-order valence-corrected chi connectivity index (χ1v) is 7.90. The summed E-state index contributed by atoms with van der Waals surface area (Å²) in [6.07, 6.45) is 5.18. The van der Waals surface area contributed by atoms with Crippen molar-refractivity contribution >= 4 is 16.9 Å². The third-order valence-electron chi connectivity index (χ3n) is 3.90. The van der Waals surface area contributed by atoms with Crippen molar-refractivity contribution in [1.82, 2.24) is 4.98 Å². The number of para-hydroxylation sites is 1. The third-order valence-corrected chi connectivity index (χ3v) is 3.90. The lowest BCUT2D eigenvalue weighted by atomic mass is 10.0. The van der Waals surface area contributed by atoms with Crippen molar-refractivity contribution in [3.05, 3.63) is 54.1 Å². The Kier molecular flexibility index (Phi) is 5.04. The molecule has 0 aliphatic rings. The van der Waals surface area contributed by atoms with Crippen LogP contribution in [0, 0.1) is 12.3 Å². The number of esters is 1. The van der Waals surface area contributed by atoms with Crippen LogP contribution in [0.2, 0.25) is 0 Å². The minimum absolute atomic E-state index is 0.0822. The largest absolute Gasteiger partial charge is 0.493 e. The van der Waals surface area contributed by atoms with Crippen molar-refractivity contribution in [3.8, 4) is 35.1 Å². The lowest BCUT2D eigenvalue weighted by Crippen LogP contribution is -2.07. The van der Waals surface area contributed by atoms with Crippen LogP contribution < -0.4 is 9.47 Å². The number of terminal acetylenes is 1. The molecule has 0 bridgehead atoms. The molecule has 0 radical (unpaired) electrons. The summed E-state index contributed by atoms with van der Waals surface area (Å²) in [5.41, 5.74) is 2.51. The van der Waals surface area contributed by atoms with Crippen molar-refractivity contribution in [2.24, 2.45) is 0 Å². The van der Waals surface area contributed by atoms with Gasteiger partial charge < -0.3 is 14.2 Å². The Labute approximate surface area is 151 Å². The molecule has 0 fully saturated rings. The highest BCUT2D eigenvalue weighted by Gasteiger charge is 2.16. The molecule has 0 spiro atoms. The van der Waals surface area contributed by atoms with Gasteiger partial charge in [-0.1, -0.05) is 24.1 Å². The first kappa shape index (κ1) is 17.3. The maximum Gasteiger partial charge on any atom is 0.339 e. The molecule has 26 heavy (non-hydrogen) atoms. The SMILES string of the molecule is C#CCOC(=O)c1cc(-c2ccc(OC)c(OC)c2)nc2ccccc12. The fraction of sp³-hybridized carbons (Fsp3) is 0.143. The van der Waals surface area contributed by atoms with Crippen LogP contribution in [-0.2, 0) is 4.74 Å². The molecule has 0 aliphatic carbocycles. The van der Waals surface area contributed by atoms with Crippen LogP contribution in [-0.4, -0.2) is 31.8 Å². The smallest absolute Gasteiger partial charge is 0.339 e. The fourth-order valence-corrected chi connectivity index (χ4v) is 2.67. The molecule has 5 heteroatoms. The van der Waals surface area contributed by atoms with E-state index in [1.165, 1.54) is 0 Å². The van der Waals surface area contributed by atoms with Crippen molar-refractivity contribution in [2.45, 2.75) is 0 Å². The summed E-state index contributed by atoms with van der Waals surface area (Å²) < 4.78 is 15.7. The van der Waals surface area contributed by atoms with Crippen molar-refractivity contribution in [1.29, 1.82) is 0 Å². The second-order valence-electron chi connectivity index (χ2n) is 5.42. The Morgan fingerprint density at radius 3 is 2.58 bits per heavy atom. The van der Waals surface area contributed by atoms with E-state index in [9.17, 15) is 4.79 Å². The standard InChI is InChI=1S/C21H17NO4/c1-4-11-26-21(23)16-13-18(22-17-8-6-5-7-15(16)17)14-9-10-19(24-2)20(12-14)25-3/h1,5-10,12-13H,11H2,2-3H3. The summed E-state index contributed by atoms with van der Waals surface area (Å²) in [4.78, 5) is 17.1. The number of carbonyl (C=O) groups excluding carboxylic acids is 1. The Balaban J connectivity index is 2.15. The van der Waals surface area contributed by atoms with Gasteiger partial charge in [0.15, 0.2) is 18.1 Å². The van der Waals surface area contributed by atoms with Crippen LogP contribution in [0.5, 0.6) is 11.5 Å². The molecule has 3 aromatic rings. The second-order valence-corrected chi connectivity index (χ2v) is 5.42. The van der Waals surface area contributed by atoms with Gasteiger partial charge in [-0.3, -0.25) is 0 Å². The number of hydrogen-bond acceptors (Lipinski definition) is 5. The molecule has 0 atom stereocenters. The zero-order valence-electron chi connectivity index (χ0n) is 14.5. The van der Waals surface area contributed by atoms with E-state index in [1.807, 2.05) is 36.4 Å². The molecular formula is C21H17NO4. The zero-order valence-corrected chi connectivity index (χ0v) is 14.5. The molecule has 3 rings (SSSR count). The molecule has 1 heterocycles. The van der Waals surface area contributed by atoms with Gasteiger partial charge in [0.05, 0.1) is 31.0 Å². The van der Waals surface area contributed by atoms with Crippen LogP contribution in [0.4, 0.5) is 0 Å². The fourth-order valence-electron chi connectivity index (χ4n) is 2.67. The molecule has 2 aromatic carbocycles. The Morgan fingerprint density at radius 1 is 1.08 bits per heavy atom. The molecule has 0 unspecified atom stereocenters. The summed E-state index contributed by atoms with van der Waals surface area (Å²) in [6.45, 7) is -0.0822. The van der Waals surface area contributed by atoms with Crippen LogP contribution in [0.15, 0.2) is 48.5 Å². The predicted octanol–water partition coefficient (Wildman–Crippen LogP) is 3.71. The van der Waals surface area contributed by atoms with Crippen LogP contribution in [0.3, 0.4) is 0 Å². The topological polar surface area (TPSA) is 57.7 Å². The molecule has 130 valence electrons. The van der Waals surface area contributed by atoms with Crippen LogP contribution in [0.25, 0.3) is 22.2 Å². The van der Waals surface area contributed by atoms with Gasteiger partial charge in [0, 0.05) is 10.9 Å². The van der Waals surface area contributed by atoms with Crippen LogP contribution >= 0.6 is 0 Å². The van der Waals surface area contributed by atoms with E-state index in [4.69, 9.17) is 20.6 Å². The predicted molar refractivity (Wildman–Crippen MR) is 99.4 cm³/mol. The number of carbonyl (C=O) groups is 1. The molecular weight excluding hydrogens is 330 g/mol. The minimum Gasteiger partial charge on any atom is -0.493 e. The number of aromatic nitrogens is 1.